The zero-order valence-corrected chi connectivity index (χ0v) is 12.0. The minimum absolute atomic E-state index is 0.0727. The van der Waals surface area contributed by atoms with Crippen molar-refractivity contribution in [1.82, 2.24) is 5.43 Å². The number of carbonyl (C=O) groups is 1. The van der Waals surface area contributed by atoms with Gasteiger partial charge in [-0.3, -0.25) is 4.79 Å². The molecule has 4 nitrogen and oxygen atoms in total. The van der Waals surface area contributed by atoms with Gasteiger partial charge in [-0.05, 0) is 41.1 Å². The molecule has 0 bridgehead atoms. The largest absolute Gasteiger partial charge is 0.507 e. The van der Waals surface area contributed by atoms with Gasteiger partial charge in [0, 0.05) is 11.1 Å². The standard InChI is InChI=1S/C18H13FN2O2/c19-14-8-5-13(6-9-14)18(23)21-20-11-16-15-4-2-1-3-12(15)7-10-17(16)22/h1-11,22H,(H,21,23). The van der Waals surface area contributed by atoms with E-state index in [2.05, 4.69) is 10.5 Å². The number of nitrogens with zero attached hydrogens (tertiary/aromatic N) is 1. The highest BCUT2D eigenvalue weighted by molar-refractivity contribution is 6.03. The Bertz CT molecular complexity index is 889. The number of carbonyl (C=O) groups excluding carboxylic acids is 1. The SMILES string of the molecule is O=C(NN=Cc1c(O)ccc2ccccc12)c1ccc(F)cc1. The molecule has 0 fully saturated rings. The Labute approximate surface area is 131 Å². The average Bonchev–Trinajstić information content (AvgIpc) is 2.57. The van der Waals surface area contributed by atoms with Gasteiger partial charge in [0.05, 0.1) is 6.21 Å². The quantitative estimate of drug-likeness (QED) is 0.575. The lowest BCUT2D eigenvalue weighted by molar-refractivity contribution is 0.0955. The number of aromatic hydroxyl groups is 1. The van der Waals surface area contributed by atoms with Gasteiger partial charge in [-0.1, -0.05) is 30.3 Å². The topological polar surface area (TPSA) is 61.7 Å². The molecule has 5 heteroatoms. The maximum Gasteiger partial charge on any atom is 0.271 e. The first-order chi connectivity index (χ1) is 11.1. The molecule has 114 valence electrons. The monoisotopic (exact) mass is 308 g/mol. The third kappa shape index (κ3) is 3.18. The lowest BCUT2D eigenvalue weighted by Gasteiger charge is -2.05. The average molecular weight is 308 g/mol. The van der Waals surface area contributed by atoms with Gasteiger partial charge in [-0.2, -0.15) is 5.10 Å². The first kappa shape index (κ1) is 14.7. The van der Waals surface area contributed by atoms with Crippen LogP contribution in [0.1, 0.15) is 15.9 Å². The molecule has 0 radical (unpaired) electrons. The van der Waals surface area contributed by atoms with Crippen molar-refractivity contribution in [3.05, 3.63) is 77.6 Å². The summed E-state index contributed by atoms with van der Waals surface area (Å²) < 4.78 is 12.8. The fourth-order valence-electron chi connectivity index (χ4n) is 2.24. The molecule has 0 aromatic heterocycles. The molecule has 3 aromatic rings. The van der Waals surface area contributed by atoms with E-state index < -0.39 is 11.7 Å². The minimum atomic E-state index is -0.457. The lowest BCUT2D eigenvalue weighted by atomic mass is 10.0. The number of hydrogen-bond acceptors (Lipinski definition) is 3. The third-order valence-electron chi connectivity index (χ3n) is 3.41. The Morgan fingerprint density at radius 2 is 1.78 bits per heavy atom. The van der Waals surface area contributed by atoms with Crippen molar-refractivity contribution in [3.8, 4) is 5.75 Å². The van der Waals surface area contributed by atoms with E-state index >= 15 is 0 Å². The Morgan fingerprint density at radius 1 is 1.04 bits per heavy atom. The van der Waals surface area contributed by atoms with Crippen molar-refractivity contribution in [3.63, 3.8) is 0 Å². The fraction of sp³-hybridized carbons (Fsp3) is 0. The predicted molar refractivity (Wildman–Crippen MR) is 87.1 cm³/mol. The molecule has 0 unspecified atom stereocenters. The summed E-state index contributed by atoms with van der Waals surface area (Å²) in [5.41, 5.74) is 3.17. The summed E-state index contributed by atoms with van der Waals surface area (Å²) in [7, 11) is 0. The van der Waals surface area contributed by atoms with Crippen molar-refractivity contribution >= 4 is 22.9 Å². The van der Waals surface area contributed by atoms with Crippen LogP contribution >= 0.6 is 0 Å². The summed E-state index contributed by atoms with van der Waals surface area (Å²) in [6, 6.07) is 16.1. The number of benzene rings is 3. The summed E-state index contributed by atoms with van der Waals surface area (Å²) in [4.78, 5) is 11.9. The number of amides is 1. The van der Waals surface area contributed by atoms with E-state index in [-0.39, 0.29) is 5.75 Å². The van der Waals surface area contributed by atoms with E-state index in [9.17, 15) is 14.3 Å². The maximum atomic E-state index is 12.8. The number of nitrogens with one attached hydrogen (secondary N) is 1. The number of hydrogen-bond donors (Lipinski definition) is 2. The van der Waals surface area contributed by atoms with Crippen molar-refractivity contribution in [2.75, 3.05) is 0 Å². The normalized spacial score (nSPS) is 11.0. The van der Waals surface area contributed by atoms with Gasteiger partial charge in [0.2, 0.25) is 0 Å². The minimum Gasteiger partial charge on any atom is -0.507 e. The Balaban J connectivity index is 1.82. The second-order valence-corrected chi connectivity index (χ2v) is 4.93. The molecule has 3 aromatic carbocycles. The molecule has 1 amide bonds. The van der Waals surface area contributed by atoms with Crippen LogP contribution in [0.25, 0.3) is 10.8 Å². The van der Waals surface area contributed by atoms with Crippen LogP contribution in [-0.4, -0.2) is 17.2 Å². The molecule has 0 saturated carbocycles. The number of rotatable bonds is 3. The van der Waals surface area contributed by atoms with Crippen molar-refractivity contribution in [1.29, 1.82) is 0 Å². The van der Waals surface area contributed by atoms with Gasteiger partial charge in [-0.15, -0.1) is 0 Å². The van der Waals surface area contributed by atoms with Crippen molar-refractivity contribution in [2.45, 2.75) is 0 Å². The van der Waals surface area contributed by atoms with E-state index in [0.717, 1.165) is 10.8 Å². The second kappa shape index (κ2) is 6.27. The van der Waals surface area contributed by atoms with Gasteiger partial charge in [0.25, 0.3) is 5.91 Å². The zero-order chi connectivity index (χ0) is 16.2. The molecule has 0 spiro atoms. The van der Waals surface area contributed by atoms with Crippen LogP contribution in [0.5, 0.6) is 5.75 Å². The fourth-order valence-corrected chi connectivity index (χ4v) is 2.24. The highest BCUT2D eigenvalue weighted by Crippen LogP contribution is 2.25. The highest BCUT2D eigenvalue weighted by atomic mass is 19.1. The van der Waals surface area contributed by atoms with Crippen LogP contribution < -0.4 is 5.43 Å². The molecule has 23 heavy (non-hydrogen) atoms. The molecule has 3 rings (SSSR count). The van der Waals surface area contributed by atoms with Gasteiger partial charge in [0.1, 0.15) is 11.6 Å². The Morgan fingerprint density at radius 3 is 2.57 bits per heavy atom. The maximum absolute atomic E-state index is 12.8. The number of halogens is 1. The van der Waals surface area contributed by atoms with Gasteiger partial charge in [-0.25, -0.2) is 9.82 Å². The number of phenols is 1. The number of phenolic OH excluding ortho intramolecular Hbond substituents is 1. The van der Waals surface area contributed by atoms with Gasteiger partial charge < -0.3 is 5.11 Å². The van der Waals surface area contributed by atoms with E-state index in [1.807, 2.05) is 24.3 Å². The lowest BCUT2D eigenvalue weighted by Crippen LogP contribution is -2.17. The van der Waals surface area contributed by atoms with Crippen LogP contribution in [0.2, 0.25) is 0 Å². The number of fused-ring (bicyclic) bond motifs is 1. The van der Waals surface area contributed by atoms with Crippen LogP contribution in [0.3, 0.4) is 0 Å². The molecule has 0 aliphatic carbocycles. The van der Waals surface area contributed by atoms with E-state index in [0.29, 0.717) is 11.1 Å². The Kier molecular flexibility index (Phi) is 4.01. The van der Waals surface area contributed by atoms with Crippen LogP contribution in [0.15, 0.2) is 65.8 Å². The summed E-state index contributed by atoms with van der Waals surface area (Å²) in [5, 5.41) is 15.6. The molecule has 2 N–H and O–H groups in total. The second-order valence-electron chi connectivity index (χ2n) is 4.93. The van der Waals surface area contributed by atoms with Crippen molar-refractivity contribution in [2.24, 2.45) is 5.10 Å². The molecular weight excluding hydrogens is 295 g/mol. The highest BCUT2D eigenvalue weighted by Gasteiger charge is 2.06. The first-order valence-electron chi connectivity index (χ1n) is 6.95. The van der Waals surface area contributed by atoms with Crippen LogP contribution in [0.4, 0.5) is 4.39 Å². The predicted octanol–water partition coefficient (Wildman–Crippen LogP) is 3.45. The molecule has 0 aliphatic heterocycles. The van der Waals surface area contributed by atoms with E-state index in [1.165, 1.54) is 30.5 Å². The van der Waals surface area contributed by atoms with Crippen LogP contribution in [0, 0.1) is 5.82 Å². The summed E-state index contributed by atoms with van der Waals surface area (Å²) in [5.74, 6) is -0.796. The smallest absolute Gasteiger partial charge is 0.271 e. The van der Waals surface area contributed by atoms with E-state index in [1.54, 1.807) is 12.1 Å². The third-order valence-corrected chi connectivity index (χ3v) is 3.41. The summed E-state index contributed by atoms with van der Waals surface area (Å²) in [6.07, 6.45) is 1.39. The van der Waals surface area contributed by atoms with Gasteiger partial charge >= 0.3 is 0 Å². The number of hydrazone groups is 1. The summed E-state index contributed by atoms with van der Waals surface area (Å²) >= 11 is 0. The van der Waals surface area contributed by atoms with Gasteiger partial charge in [0.15, 0.2) is 0 Å². The molecule has 0 aliphatic rings. The van der Waals surface area contributed by atoms with Crippen molar-refractivity contribution < 1.29 is 14.3 Å². The molecular formula is C18H13FN2O2. The van der Waals surface area contributed by atoms with Crippen LogP contribution in [-0.2, 0) is 0 Å². The first-order valence-corrected chi connectivity index (χ1v) is 6.95. The molecule has 0 saturated heterocycles. The summed E-state index contributed by atoms with van der Waals surface area (Å²) in [6.45, 7) is 0. The van der Waals surface area contributed by atoms with E-state index in [4.69, 9.17) is 0 Å². The molecule has 0 atom stereocenters. The Hall–Kier alpha value is -3.21. The zero-order valence-electron chi connectivity index (χ0n) is 12.0. The molecule has 0 heterocycles.